The molecule has 1 N–H and O–H groups in total. The predicted octanol–water partition coefficient (Wildman–Crippen LogP) is 5.05. The second-order valence-electron chi connectivity index (χ2n) is 7.77. The maximum Gasteiger partial charge on any atom is 0.251 e. The number of nitrogens with one attached hydrogen (secondary N) is 1. The van der Waals surface area contributed by atoms with Crippen molar-refractivity contribution in [1.29, 1.82) is 0 Å². The summed E-state index contributed by atoms with van der Waals surface area (Å²) in [6.45, 7) is 2.09. The second kappa shape index (κ2) is 5.92. The van der Waals surface area contributed by atoms with E-state index in [2.05, 4.69) is 59.6 Å². The van der Waals surface area contributed by atoms with E-state index < -0.39 is 0 Å². The molecule has 0 aliphatic carbocycles. The van der Waals surface area contributed by atoms with Gasteiger partial charge in [0.25, 0.3) is 5.91 Å². The van der Waals surface area contributed by atoms with Gasteiger partial charge in [-0.15, -0.1) is 0 Å². The Morgan fingerprint density at radius 2 is 1.69 bits per heavy atom. The average molecular weight is 377 g/mol. The van der Waals surface area contributed by atoms with Crippen molar-refractivity contribution >= 4 is 34.3 Å². The SMILES string of the molecule is Cc1ccc(C2C3=Nc4ccccc4C3=C[C@H]3C(=O)Nc4ccccc4N23)cc1. The van der Waals surface area contributed by atoms with Crippen LogP contribution in [0.5, 0.6) is 0 Å². The number of rotatable bonds is 1. The molecule has 0 saturated heterocycles. The number of hydrogen-bond donors (Lipinski definition) is 1. The van der Waals surface area contributed by atoms with E-state index in [9.17, 15) is 4.79 Å². The van der Waals surface area contributed by atoms with Gasteiger partial charge >= 0.3 is 0 Å². The molecule has 1 amide bonds. The molecule has 29 heavy (non-hydrogen) atoms. The van der Waals surface area contributed by atoms with Crippen LogP contribution in [0, 0.1) is 6.92 Å². The minimum absolute atomic E-state index is 0.00302. The summed E-state index contributed by atoms with van der Waals surface area (Å²) in [6, 6.07) is 24.2. The van der Waals surface area contributed by atoms with Crippen LogP contribution in [-0.2, 0) is 4.79 Å². The number of para-hydroxylation sites is 3. The molecule has 0 bridgehead atoms. The molecular formula is C25H19N3O. The molecule has 3 aromatic rings. The Bertz CT molecular complexity index is 1220. The van der Waals surface area contributed by atoms with E-state index in [1.54, 1.807) is 0 Å². The number of nitrogens with zero attached hydrogens (tertiary/aromatic N) is 2. The largest absolute Gasteiger partial charge is 0.342 e. The minimum Gasteiger partial charge on any atom is -0.342 e. The number of carbonyl (C=O) groups excluding carboxylic acids is 1. The molecule has 0 aromatic heterocycles. The Hall–Kier alpha value is -3.66. The van der Waals surface area contributed by atoms with E-state index >= 15 is 0 Å². The van der Waals surface area contributed by atoms with Gasteiger partial charge in [-0.05, 0) is 36.8 Å². The molecule has 0 saturated carbocycles. The zero-order valence-electron chi connectivity index (χ0n) is 16.0. The Morgan fingerprint density at radius 3 is 2.55 bits per heavy atom. The number of aryl methyl sites for hydroxylation is 1. The lowest BCUT2D eigenvalue weighted by atomic mass is 9.85. The zero-order valence-corrected chi connectivity index (χ0v) is 16.0. The predicted molar refractivity (Wildman–Crippen MR) is 117 cm³/mol. The number of benzene rings is 3. The summed E-state index contributed by atoms with van der Waals surface area (Å²) in [6.07, 6.45) is 2.07. The number of amides is 1. The van der Waals surface area contributed by atoms with Crippen LogP contribution in [0.3, 0.4) is 0 Å². The van der Waals surface area contributed by atoms with Gasteiger partial charge < -0.3 is 10.2 Å². The van der Waals surface area contributed by atoms with Crippen molar-refractivity contribution in [3.8, 4) is 0 Å². The van der Waals surface area contributed by atoms with Crippen molar-refractivity contribution in [1.82, 2.24) is 0 Å². The lowest BCUT2D eigenvalue weighted by Gasteiger charge is -2.45. The first-order valence-electron chi connectivity index (χ1n) is 9.86. The molecule has 3 aliphatic heterocycles. The van der Waals surface area contributed by atoms with Gasteiger partial charge in [0.05, 0.1) is 28.8 Å². The number of fused-ring (bicyclic) bond motifs is 6. The monoisotopic (exact) mass is 377 g/mol. The molecule has 3 aromatic carbocycles. The topological polar surface area (TPSA) is 44.7 Å². The first-order valence-corrected chi connectivity index (χ1v) is 9.86. The lowest BCUT2D eigenvalue weighted by molar-refractivity contribution is -0.116. The highest BCUT2D eigenvalue weighted by Crippen LogP contribution is 2.48. The molecule has 1 unspecified atom stereocenters. The van der Waals surface area contributed by atoms with Gasteiger partial charge in [-0.3, -0.25) is 4.79 Å². The lowest BCUT2D eigenvalue weighted by Crippen LogP contribution is -2.53. The Balaban J connectivity index is 1.63. The molecule has 3 heterocycles. The first kappa shape index (κ1) is 16.3. The van der Waals surface area contributed by atoms with Crippen LogP contribution in [0.1, 0.15) is 22.7 Å². The summed E-state index contributed by atoms with van der Waals surface area (Å²) < 4.78 is 0. The molecule has 4 nitrogen and oxygen atoms in total. The summed E-state index contributed by atoms with van der Waals surface area (Å²) in [5.41, 5.74) is 8.38. The van der Waals surface area contributed by atoms with Gasteiger partial charge in [-0.1, -0.05) is 60.2 Å². The number of anilines is 2. The van der Waals surface area contributed by atoms with Gasteiger partial charge in [-0.25, -0.2) is 4.99 Å². The van der Waals surface area contributed by atoms with E-state index in [1.807, 2.05) is 36.4 Å². The standard InChI is InChI=1S/C25H19N3O/c1-15-10-12-16(13-11-15)24-23-18(17-6-2-3-7-19(17)26-23)14-22-25(29)27-20-8-4-5-9-21(20)28(22)24/h2-14,22,24H,1H3,(H,27,29)/t22-,24?/m0/s1. The quantitative estimate of drug-likeness (QED) is 0.645. The Labute approximate surface area is 169 Å². The van der Waals surface area contributed by atoms with E-state index in [1.165, 1.54) is 5.56 Å². The number of aliphatic imine (C=N–C) groups is 1. The molecule has 6 rings (SSSR count). The van der Waals surface area contributed by atoms with Crippen LogP contribution >= 0.6 is 0 Å². The van der Waals surface area contributed by atoms with Crippen molar-refractivity contribution in [2.24, 2.45) is 4.99 Å². The fourth-order valence-electron chi connectivity index (χ4n) is 4.61. The van der Waals surface area contributed by atoms with Crippen LogP contribution in [0.2, 0.25) is 0 Å². The summed E-state index contributed by atoms with van der Waals surface area (Å²) in [4.78, 5) is 20.3. The third-order valence-electron chi connectivity index (χ3n) is 5.97. The summed E-state index contributed by atoms with van der Waals surface area (Å²) in [5, 5.41) is 3.08. The molecule has 3 aliphatic rings. The van der Waals surface area contributed by atoms with E-state index in [-0.39, 0.29) is 18.0 Å². The van der Waals surface area contributed by atoms with Crippen LogP contribution in [0.15, 0.2) is 83.9 Å². The average Bonchev–Trinajstić information content (AvgIpc) is 3.12. The van der Waals surface area contributed by atoms with Gasteiger partial charge in [0, 0.05) is 11.1 Å². The molecular weight excluding hydrogens is 358 g/mol. The van der Waals surface area contributed by atoms with Crippen molar-refractivity contribution in [2.75, 3.05) is 10.2 Å². The minimum atomic E-state index is -0.378. The van der Waals surface area contributed by atoms with E-state index in [0.717, 1.165) is 39.5 Å². The molecule has 2 atom stereocenters. The molecule has 0 fully saturated rings. The summed E-state index contributed by atoms with van der Waals surface area (Å²) in [7, 11) is 0. The van der Waals surface area contributed by atoms with E-state index in [4.69, 9.17) is 4.99 Å². The molecule has 4 heteroatoms. The smallest absolute Gasteiger partial charge is 0.251 e. The van der Waals surface area contributed by atoms with Gasteiger partial charge in [0.15, 0.2) is 0 Å². The van der Waals surface area contributed by atoms with Crippen LogP contribution in [-0.4, -0.2) is 17.7 Å². The van der Waals surface area contributed by atoms with Gasteiger partial charge in [0.1, 0.15) is 6.04 Å². The van der Waals surface area contributed by atoms with Crippen molar-refractivity contribution in [3.05, 3.63) is 95.6 Å². The maximum atomic E-state index is 13.1. The van der Waals surface area contributed by atoms with Crippen molar-refractivity contribution in [2.45, 2.75) is 19.0 Å². The highest BCUT2D eigenvalue weighted by atomic mass is 16.2. The normalized spacial score (nSPS) is 21.3. The first-order chi connectivity index (χ1) is 14.2. The third-order valence-corrected chi connectivity index (χ3v) is 5.97. The third kappa shape index (κ3) is 2.32. The molecule has 0 spiro atoms. The molecule has 0 radical (unpaired) electrons. The zero-order chi connectivity index (χ0) is 19.5. The molecule has 140 valence electrons. The van der Waals surface area contributed by atoms with Crippen LogP contribution < -0.4 is 10.2 Å². The summed E-state index contributed by atoms with van der Waals surface area (Å²) >= 11 is 0. The van der Waals surface area contributed by atoms with Crippen molar-refractivity contribution < 1.29 is 4.79 Å². The Morgan fingerprint density at radius 1 is 0.931 bits per heavy atom. The van der Waals surface area contributed by atoms with E-state index in [0.29, 0.717) is 0 Å². The summed E-state index contributed by atoms with van der Waals surface area (Å²) in [5.74, 6) is -0.00302. The van der Waals surface area contributed by atoms with Gasteiger partial charge in [0.2, 0.25) is 0 Å². The number of hydrogen-bond acceptors (Lipinski definition) is 3. The van der Waals surface area contributed by atoms with Crippen LogP contribution in [0.25, 0.3) is 5.57 Å². The highest BCUT2D eigenvalue weighted by Gasteiger charge is 2.45. The highest BCUT2D eigenvalue weighted by molar-refractivity contribution is 6.34. The van der Waals surface area contributed by atoms with Crippen LogP contribution in [0.4, 0.5) is 17.1 Å². The van der Waals surface area contributed by atoms with Gasteiger partial charge in [-0.2, -0.15) is 0 Å². The fraction of sp³-hybridized carbons (Fsp3) is 0.120. The second-order valence-corrected chi connectivity index (χ2v) is 7.77. The fourth-order valence-corrected chi connectivity index (χ4v) is 4.61. The number of carbonyl (C=O) groups is 1. The van der Waals surface area contributed by atoms with Crippen molar-refractivity contribution in [3.63, 3.8) is 0 Å². The Kier molecular flexibility index (Phi) is 3.33. The maximum absolute atomic E-state index is 13.1.